The molecule has 9 heteroatoms. The number of halogens is 2. The lowest BCUT2D eigenvalue weighted by atomic mass is 9.96. The van der Waals surface area contributed by atoms with Gasteiger partial charge in [0.2, 0.25) is 11.8 Å². The van der Waals surface area contributed by atoms with Crippen molar-refractivity contribution in [2.24, 2.45) is 0 Å². The van der Waals surface area contributed by atoms with Gasteiger partial charge in [-0.2, -0.15) is 0 Å². The summed E-state index contributed by atoms with van der Waals surface area (Å²) in [7, 11) is 8.20. The number of carbonyl (C=O) groups is 1. The van der Waals surface area contributed by atoms with Crippen LogP contribution in [0.3, 0.4) is 0 Å². The van der Waals surface area contributed by atoms with E-state index in [-0.39, 0.29) is 11.9 Å². The molecule has 0 aliphatic carbocycles. The SMILES string of the molecule is COc1nc(-c2cccc(-c3cccc(-c4ccc5c(C[N+](C)(C)C)c[nH]c5c4)c3Cl)c2Cl)ccc1CNC[C@@H]1CCC(=O)N1. The van der Waals surface area contributed by atoms with Gasteiger partial charge in [0.1, 0.15) is 6.54 Å². The Morgan fingerprint density at radius 3 is 2.33 bits per heavy atom. The zero-order chi connectivity index (χ0) is 31.7. The first-order valence-electron chi connectivity index (χ1n) is 15.1. The number of methoxy groups -OCH3 is 1. The number of nitrogens with one attached hydrogen (secondary N) is 3. The number of hydrogen-bond acceptors (Lipinski definition) is 4. The van der Waals surface area contributed by atoms with Gasteiger partial charge in [-0.15, -0.1) is 0 Å². The van der Waals surface area contributed by atoms with Gasteiger partial charge in [0, 0.05) is 76.0 Å². The summed E-state index contributed by atoms with van der Waals surface area (Å²) in [6.45, 7) is 2.21. The Morgan fingerprint density at radius 1 is 0.933 bits per heavy atom. The van der Waals surface area contributed by atoms with E-state index in [1.54, 1.807) is 7.11 Å². The molecule has 6 rings (SSSR count). The van der Waals surface area contributed by atoms with E-state index in [1.807, 2.05) is 48.5 Å². The zero-order valence-corrected chi connectivity index (χ0v) is 27.5. The maximum absolute atomic E-state index is 11.5. The monoisotopic (exact) mass is 642 g/mol. The van der Waals surface area contributed by atoms with E-state index in [0.717, 1.165) is 56.3 Å². The number of H-pyrrole nitrogens is 1. The van der Waals surface area contributed by atoms with Crippen molar-refractivity contribution in [3.8, 4) is 39.4 Å². The number of aromatic amines is 1. The molecule has 0 bridgehead atoms. The Hall–Kier alpha value is -3.88. The van der Waals surface area contributed by atoms with Crippen molar-refractivity contribution in [3.05, 3.63) is 94.1 Å². The Labute approximate surface area is 274 Å². The molecule has 0 radical (unpaired) electrons. The lowest BCUT2D eigenvalue weighted by Gasteiger charge is -2.23. The average Bonchev–Trinajstić information content (AvgIpc) is 3.61. The molecular formula is C36H38Cl2N5O2+. The molecular weight excluding hydrogens is 605 g/mol. The summed E-state index contributed by atoms with van der Waals surface area (Å²) < 4.78 is 6.51. The molecule has 1 fully saturated rings. The summed E-state index contributed by atoms with van der Waals surface area (Å²) in [6, 6.07) is 22.6. The van der Waals surface area contributed by atoms with E-state index < -0.39 is 0 Å². The number of quaternary nitrogens is 1. The van der Waals surface area contributed by atoms with Crippen LogP contribution in [0.2, 0.25) is 10.0 Å². The van der Waals surface area contributed by atoms with Crippen molar-refractivity contribution in [1.82, 2.24) is 20.6 Å². The quantitative estimate of drug-likeness (QED) is 0.138. The number of fused-ring (bicyclic) bond motifs is 1. The zero-order valence-electron chi connectivity index (χ0n) is 26.0. The van der Waals surface area contributed by atoms with Crippen molar-refractivity contribution in [2.75, 3.05) is 34.8 Å². The molecule has 1 aliphatic rings. The van der Waals surface area contributed by atoms with Gasteiger partial charge in [-0.05, 0) is 24.1 Å². The summed E-state index contributed by atoms with van der Waals surface area (Å²) in [5, 5.41) is 8.82. The van der Waals surface area contributed by atoms with Crippen molar-refractivity contribution in [2.45, 2.75) is 32.0 Å². The number of carbonyl (C=O) groups excluding carboxylic acids is 1. The highest BCUT2D eigenvalue weighted by atomic mass is 35.5. The first kappa shape index (κ1) is 31.1. The van der Waals surface area contributed by atoms with Crippen molar-refractivity contribution >= 4 is 40.0 Å². The van der Waals surface area contributed by atoms with Gasteiger partial charge in [-0.3, -0.25) is 4.79 Å². The standard InChI is InChI=1S/C36H37Cl2N5O2/c1-43(2,3)21-24-19-40-32-17-22(11-14-26(24)32)27-7-5-8-28(34(27)37)29-9-6-10-30(35(29)38)31-15-12-23(36(42-31)45-4)18-39-20-25-13-16-33(44)41-25/h5-12,14-15,17,19,25,39-40H,13,16,18,20-21H2,1-4H3/p+1/t25-/m0/s1. The molecule has 1 atom stereocenters. The number of pyridine rings is 1. The van der Waals surface area contributed by atoms with Crippen LogP contribution in [0, 0.1) is 0 Å². The second-order valence-electron chi connectivity index (χ2n) is 12.7. The predicted molar refractivity (Wildman–Crippen MR) is 184 cm³/mol. The highest BCUT2D eigenvalue weighted by Crippen LogP contribution is 2.43. The summed E-state index contributed by atoms with van der Waals surface area (Å²) in [5.74, 6) is 0.640. The fraction of sp³-hybridized carbons (Fsp3) is 0.278. The fourth-order valence-corrected chi connectivity index (χ4v) is 6.70. The molecule has 0 spiro atoms. The van der Waals surface area contributed by atoms with Crippen LogP contribution in [0.15, 0.2) is 72.9 Å². The third-order valence-electron chi connectivity index (χ3n) is 8.21. The molecule has 1 aliphatic heterocycles. The van der Waals surface area contributed by atoms with E-state index in [1.165, 1.54) is 10.9 Å². The Balaban J connectivity index is 1.27. The first-order valence-corrected chi connectivity index (χ1v) is 15.9. The molecule has 5 aromatic rings. The maximum atomic E-state index is 11.5. The van der Waals surface area contributed by atoms with Crippen molar-refractivity contribution in [3.63, 3.8) is 0 Å². The molecule has 1 amide bonds. The molecule has 232 valence electrons. The Kier molecular flexibility index (Phi) is 8.89. The number of amides is 1. The van der Waals surface area contributed by atoms with Crippen LogP contribution in [0.4, 0.5) is 0 Å². The van der Waals surface area contributed by atoms with Gasteiger partial charge < -0.3 is 24.8 Å². The maximum Gasteiger partial charge on any atom is 0.220 e. The lowest BCUT2D eigenvalue weighted by molar-refractivity contribution is -0.883. The molecule has 0 unspecified atom stereocenters. The van der Waals surface area contributed by atoms with E-state index in [2.05, 4.69) is 61.2 Å². The van der Waals surface area contributed by atoms with Gasteiger partial charge >= 0.3 is 0 Å². The number of hydrogen-bond donors (Lipinski definition) is 3. The highest BCUT2D eigenvalue weighted by Gasteiger charge is 2.21. The highest BCUT2D eigenvalue weighted by molar-refractivity contribution is 6.39. The number of nitrogens with zero attached hydrogens (tertiary/aromatic N) is 2. The second-order valence-corrected chi connectivity index (χ2v) is 13.4. The molecule has 0 saturated carbocycles. The van der Waals surface area contributed by atoms with Crippen LogP contribution in [0.5, 0.6) is 5.88 Å². The largest absolute Gasteiger partial charge is 0.481 e. The molecule has 45 heavy (non-hydrogen) atoms. The van der Waals surface area contributed by atoms with Gasteiger partial charge in [-0.25, -0.2) is 4.98 Å². The van der Waals surface area contributed by atoms with E-state index >= 15 is 0 Å². The van der Waals surface area contributed by atoms with Gasteiger partial charge in [0.25, 0.3) is 0 Å². The summed E-state index contributed by atoms with van der Waals surface area (Å²) in [6.07, 6.45) is 3.54. The van der Waals surface area contributed by atoms with Crippen LogP contribution in [-0.4, -0.2) is 61.2 Å². The number of benzene rings is 3. The molecule has 3 heterocycles. The predicted octanol–water partition coefficient (Wildman–Crippen LogP) is 7.45. The van der Waals surface area contributed by atoms with E-state index in [4.69, 9.17) is 32.9 Å². The van der Waals surface area contributed by atoms with Crippen LogP contribution in [0.25, 0.3) is 44.4 Å². The van der Waals surface area contributed by atoms with E-state index in [9.17, 15) is 4.79 Å². The minimum absolute atomic E-state index is 0.111. The lowest BCUT2D eigenvalue weighted by Crippen LogP contribution is -2.35. The summed E-state index contributed by atoms with van der Waals surface area (Å²) in [5.41, 5.74) is 8.46. The minimum atomic E-state index is 0.111. The van der Waals surface area contributed by atoms with Gasteiger partial charge in [0.15, 0.2) is 0 Å². The summed E-state index contributed by atoms with van der Waals surface area (Å²) >= 11 is 14.2. The van der Waals surface area contributed by atoms with Crippen molar-refractivity contribution in [1.29, 1.82) is 0 Å². The Morgan fingerprint density at radius 2 is 1.64 bits per heavy atom. The number of rotatable bonds is 10. The average molecular weight is 644 g/mol. The van der Waals surface area contributed by atoms with Gasteiger partial charge in [0.05, 0.1) is 44.0 Å². The topological polar surface area (TPSA) is 79.0 Å². The van der Waals surface area contributed by atoms with E-state index in [0.29, 0.717) is 41.1 Å². The second kappa shape index (κ2) is 12.9. The Bertz CT molecular complexity index is 1880. The molecule has 3 N–H and O–H groups in total. The van der Waals surface area contributed by atoms with Crippen LogP contribution in [-0.2, 0) is 17.9 Å². The van der Waals surface area contributed by atoms with Crippen LogP contribution < -0.4 is 15.4 Å². The fourth-order valence-electron chi connectivity index (χ4n) is 6.04. The normalized spacial score (nSPS) is 15.1. The van der Waals surface area contributed by atoms with Crippen LogP contribution in [0.1, 0.15) is 24.0 Å². The third-order valence-corrected chi connectivity index (χ3v) is 9.02. The third kappa shape index (κ3) is 6.72. The molecule has 1 saturated heterocycles. The number of ether oxygens (including phenoxy) is 1. The number of aromatic nitrogens is 2. The van der Waals surface area contributed by atoms with Crippen molar-refractivity contribution < 1.29 is 14.0 Å². The summed E-state index contributed by atoms with van der Waals surface area (Å²) in [4.78, 5) is 19.7. The van der Waals surface area contributed by atoms with Crippen LogP contribution >= 0.6 is 23.2 Å². The van der Waals surface area contributed by atoms with Gasteiger partial charge in [-0.1, -0.05) is 77.8 Å². The first-order chi connectivity index (χ1) is 21.6. The molecule has 2 aromatic heterocycles. The minimum Gasteiger partial charge on any atom is -0.481 e. The molecule has 7 nitrogen and oxygen atoms in total. The smallest absolute Gasteiger partial charge is 0.220 e. The molecule has 3 aromatic carbocycles.